The molecule has 3 heteroatoms. The molecule has 0 bridgehead atoms. The SMILES string of the molecule is CC1CCC(CN2C(=O)CNC2C)C1. The average Bonchev–Trinajstić information content (AvgIpc) is 2.67. The van der Waals surface area contributed by atoms with Crippen molar-refractivity contribution in [3.8, 4) is 0 Å². The number of carbonyl (C=O) groups excluding carboxylic acids is 1. The van der Waals surface area contributed by atoms with Crippen LogP contribution in [0.3, 0.4) is 0 Å². The fourth-order valence-corrected chi connectivity index (χ4v) is 2.69. The first-order chi connectivity index (χ1) is 6.66. The van der Waals surface area contributed by atoms with Crippen molar-refractivity contribution in [1.29, 1.82) is 0 Å². The summed E-state index contributed by atoms with van der Waals surface area (Å²) >= 11 is 0. The third-order valence-electron chi connectivity index (χ3n) is 3.59. The standard InChI is InChI=1S/C11H20N2O/c1-8-3-4-10(5-8)7-13-9(2)12-6-11(13)14/h8-10,12H,3-7H2,1-2H3. The van der Waals surface area contributed by atoms with Crippen LogP contribution in [-0.2, 0) is 4.79 Å². The summed E-state index contributed by atoms with van der Waals surface area (Å²) in [4.78, 5) is 13.5. The van der Waals surface area contributed by atoms with Crippen molar-refractivity contribution in [2.24, 2.45) is 11.8 Å². The topological polar surface area (TPSA) is 32.3 Å². The Kier molecular flexibility index (Phi) is 2.77. The van der Waals surface area contributed by atoms with Crippen LogP contribution in [0, 0.1) is 11.8 Å². The molecule has 0 spiro atoms. The molecule has 1 aliphatic heterocycles. The molecule has 80 valence electrons. The smallest absolute Gasteiger partial charge is 0.237 e. The van der Waals surface area contributed by atoms with Crippen molar-refractivity contribution >= 4 is 5.91 Å². The summed E-state index contributed by atoms with van der Waals surface area (Å²) in [6.45, 7) is 5.89. The van der Waals surface area contributed by atoms with Gasteiger partial charge in [-0.15, -0.1) is 0 Å². The molecule has 1 heterocycles. The molecule has 3 unspecified atom stereocenters. The zero-order chi connectivity index (χ0) is 10.1. The van der Waals surface area contributed by atoms with Crippen LogP contribution in [0.1, 0.15) is 33.1 Å². The van der Waals surface area contributed by atoms with Gasteiger partial charge in [0.15, 0.2) is 0 Å². The Morgan fingerprint density at radius 3 is 2.71 bits per heavy atom. The van der Waals surface area contributed by atoms with Crippen molar-refractivity contribution in [2.45, 2.75) is 39.3 Å². The molecule has 2 aliphatic rings. The number of hydrogen-bond donors (Lipinski definition) is 1. The van der Waals surface area contributed by atoms with Gasteiger partial charge in [-0.2, -0.15) is 0 Å². The van der Waals surface area contributed by atoms with E-state index < -0.39 is 0 Å². The van der Waals surface area contributed by atoms with Crippen molar-refractivity contribution in [2.75, 3.05) is 13.1 Å². The summed E-state index contributed by atoms with van der Waals surface area (Å²) in [5.41, 5.74) is 0. The largest absolute Gasteiger partial charge is 0.326 e. The highest BCUT2D eigenvalue weighted by molar-refractivity contribution is 5.80. The lowest BCUT2D eigenvalue weighted by molar-refractivity contribution is -0.128. The molecule has 0 aromatic rings. The molecule has 14 heavy (non-hydrogen) atoms. The van der Waals surface area contributed by atoms with Crippen LogP contribution in [0.25, 0.3) is 0 Å². The van der Waals surface area contributed by atoms with E-state index in [2.05, 4.69) is 19.2 Å². The molecule has 1 saturated heterocycles. The van der Waals surface area contributed by atoms with Crippen molar-refractivity contribution in [3.05, 3.63) is 0 Å². The lowest BCUT2D eigenvalue weighted by Gasteiger charge is -2.24. The van der Waals surface area contributed by atoms with Crippen LogP contribution in [-0.4, -0.2) is 30.1 Å². The van der Waals surface area contributed by atoms with Gasteiger partial charge in [-0.25, -0.2) is 0 Å². The number of nitrogens with zero attached hydrogens (tertiary/aromatic N) is 1. The predicted molar refractivity (Wildman–Crippen MR) is 55.7 cm³/mol. The first kappa shape index (κ1) is 9.97. The lowest BCUT2D eigenvalue weighted by atomic mass is 10.1. The van der Waals surface area contributed by atoms with Crippen LogP contribution >= 0.6 is 0 Å². The van der Waals surface area contributed by atoms with E-state index in [4.69, 9.17) is 0 Å². The van der Waals surface area contributed by atoms with Crippen LogP contribution in [0.5, 0.6) is 0 Å². The van der Waals surface area contributed by atoms with Crippen LogP contribution in [0.15, 0.2) is 0 Å². The van der Waals surface area contributed by atoms with E-state index in [1.165, 1.54) is 19.3 Å². The van der Waals surface area contributed by atoms with Crippen LogP contribution in [0.2, 0.25) is 0 Å². The molecule has 2 fully saturated rings. The number of rotatable bonds is 2. The molecule has 1 N–H and O–H groups in total. The maximum Gasteiger partial charge on any atom is 0.237 e. The molecule has 0 radical (unpaired) electrons. The Hall–Kier alpha value is -0.570. The molecule has 3 nitrogen and oxygen atoms in total. The zero-order valence-corrected chi connectivity index (χ0v) is 9.12. The maximum absolute atomic E-state index is 11.5. The van der Waals surface area contributed by atoms with Crippen molar-refractivity contribution < 1.29 is 4.79 Å². The fourth-order valence-electron chi connectivity index (χ4n) is 2.69. The molecule has 2 rings (SSSR count). The summed E-state index contributed by atoms with van der Waals surface area (Å²) in [5.74, 6) is 1.88. The zero-order valence-electron chi connectivity index (χ0n) is 9.12. The van der Waals surface area contributed by atoms with Gasteiger partial charge in [0.1, 0.15) is 0 Å². The van der Waals surface area contributed by atoms with Crippen molar-refractivity contribution in [3.63, 3.8) is 0 Å². The van der Waals surface area contributed by atoms with Crippen molar-refractivity contribution in [1.82, 2.24) is 10.2 Å². The van der Waals surface area contributed by atoms with E-state index in [0.717, 1.165) is 18.4 Å². The number of hydrogen-bond acceptors (Lipinski definition) is 2. The van der Waals surface area contributed by atoms with Gasteiger partial charge in [-0.3, -0.25) is 10.1 Å². The normalized spacial score (nSPS) is 38.3. The molecule has 1 saturated carbocycles. The second-order valence-corrected chi connectivity index (χ2v) is 4.89. The Bertz CT molecular complexity index is 229. The van der Waals surface area contributed by atoms with Gasteiger partial charge in [0, 0.05) is 6.54 Å². The lowest BCUT2D eigenvalue weighted by Crippen LogP contribution is -2.37. The monoisotopic (exact) mass is 196 g/mol. The molecule has 3 atom stereocenters. The van der Waals surface area contributed by atoms with Gasteiger partial charge >= 0.3 is 0 Å². The molecular formula is C11H20N2O. The molecule has 1 aliphatic carbocycles. The van der Waals surface area contributed by atoms with Crippen LogP contribution < -0.4 is 5.32 Å². The summed E-state index contributed by atoms with van der Waals surface area (Å²) in [6.07, 6.45) is 4.20. The first-order valence-electron chi connectivity index (χ1n) is 5.69. The Morgan fingerprint density at radius 2 is 2.21 bits per heavy atom. The second kappa shape index (κ2) is 3.89. The summed E-state index contributed by atoms with van der Waals surface area (Å²) in [7, 11) is 0. The summed E-state index contributed by atoms with van der Waals surface area (Å²) in [5, 5.41) is 3.18. The minimum Gasteiger partial charge on any atom is -0.326 e. The maximum atomic E-state index is 11.5. The molecule has 1 amide bonds. The highest BCUT2D eigenvalue weighted by Crippen LogP contribution is 2.31. The van der Waals surface area contributed by atoms with E-state index in [0.29, 0.717) is 6.54 Å². The first-order valence-corrected chi connectivity index (χ1v) is 5.69. The number of carbonyl (C=O) groups is 1. The van der Waals surface area contributed by atoms with Gasteiger partial charge in [0.25, 0.3) is 0 Å². The second-order valence-electron chi connectivity index (χ2n) is 4.89. The number of nitrogens with one attached hydrogen (secondary N) is 1. The third kappa shape index (κ3) is 1.92. The van der Waals surface area contributed by atoms with Gasteiger partial charge in [0.2, 0.25) is 5.91 Å². The van der Waals surface area contributed by atoms with E-state index in [9.17, 15) is 4.79 Å². The van der Waals surface area contributed by atoms with E-state index in [1.807, 2.05) is 4.90 Å². The minimum absolute atomic E-state index is 0.249. The van der Waals surface area contributed by atoms with Gasteiger partial charge in [-0.05, 0) is 31.6 Å². The fraction of sp³-hybridized carbons (Fsp3) is 0.909. The highest BCUT2D eigenvalue weighted by atomic mass is 16.2. The van der Waals surface area contributed by atoms with E-state index in [-0.39, 0.29) is 12.1 Å². The highest BCUT2D eigenvalue weighted by Gasteiger charge is 2.31. The minimum atomic E-state index is 0.249. The van der Waals surface area contributed by atoms with Gasteiger partial charge in [-0.1, -0.05) is 13.3 Å². The van der Waals surface area contributed by atoms with Gasteiger partial charge < -0.3 is 4.90 Å². The average molecular weight is 196 g/mol. The Labute approximate surface area is 85.8 Å². The summed E-state index contributed by atoms with van der Waals surface area (Å²) in [6, 6.07) is 0. The van der Waals surface area contributed by atoms with E-state index >= 15 is 0 Å². The summed E-state index contributed by atoms with van der Waals surface area (Å²) < 4.78 is 0. The third-order valence-corrected chi connectivity index (χ3v) is 3.59. The Morgan fingerprint density at radius 1 is 1.43 bits per heavy atom. The predicted octanol–water partition coefficient (Wildman–Crippen LogP) is 1.20. The van der Waals surface area contributed by atoms with Gasteiger partial charge in [0.05, 0.1) is 12.7 Å². The van der Waals surface area contributed by atoms with E-state index in [1.54, 1.807) is 0 Å². The molecular weight excluding hydrogens is 176 g/mol. The molecule has 0 aromatic carbocycles. The number of amides is 1. The quantitative estimate of drug-likeness (QED) is 0.719. The Balaban J connectivity index is 1.87. The van der Waals surface area contributed by atoms with Crippen LogP contribution in [0.4, 0.5) is 0 Å². The molecule has 0 aromatic heterocycles.